The summed E-state index contributed by atoms with van der Waals surface area (Å²) in [5.41, 5.74) is 6.17. The average molecular weight is 412 g/mol. The van der Waals surface area contributed by atoms with Gasteiger partial charge in [-0.25, -0.2) is 0 Å². The number of nitrogens with one attached hydrogen (secondary N) is 1. The Kier molecular flexibility index (Phi) is 6.31. The summed E-state index contributed by atoms with van der Waals surface area (Å²) in [5.74, 6) is -0.0360. The first-order valence-corrected chi connectivity index (χ1v) is 11.3. The third-order valence-corrected chi connectivity index (χ3v) is 6.02. The first-order chi connectivity index (χ1) is 15.2. The molecule has 0 atom stereocenters. The molecule has 0 aliphatic heterocycles. The van der Waals surface area contributed by atoms with Crippen molar-refractivity contribution < 1.29 is 9.59 Å². The van der Waals surface area contributed by atoms with Gasteiger partial charge < -0.3 is 5.32 Å². The van der Waals surface area contributed by atoms with Gasteiger partial charge in [0.25, 0.3) is 0 Å². The van der Waals surface area contributed by atoms with Gasteiger partial charge in [0.1, 0.15) is 0 Å². The number of aryl methyl sites for hydroxylation is 1. The maximum atomic E-state index is 13.7. The number of carbonyl (C=O) groups excluding carboxylic acids is 2. The van der Waals surface area contributed by atoms with Crippen molar-refractivity contribution in [3.05, 3.63) is 94.0 Å². The van der Waals surface area contributed by atoms with Gasteiger partial charge in [-0.05, 0) is 55.0 Å². The van der Waals surface area contributed by atoms with E-state index < -0.39 is 0 Å². The molecule has 3 heteroatoms. The minimum atomic E-state index is -0.0224. The zero-order chi connectivity index (χ0) is 21.8. The predicted molar refractivity (Wildman–Crippen MR) is 127 cm³/mol. The lowest BCUT2D eigenvalue weighted by molar-refractivity contribution is 0.0977. The van der Waals surface area contributed by atoms with Crippen LogP contribution in [0.1, 0.15) is 82.5 Å². The van der Waals surface area contributed by atoms with E-state index in [-0.39, 0.29) is 11.6 Å². The lowest BCUT2D eigenvalue weighted by Gasteiger charge is -2.26. The molecule has 3 aromatic carbocycles. The number of carbonyl (C=O) groups is 2. The van der Waals surface area contributed by atoms with E-state index in [1.54, 1.807) is 12.1 Å². The topological polar surface area (TPSA) is 46.2 Å². The van der Waals surface area contributed by atoms with Crippen LogP contribution in [0.4, 0.5) is 11.4 Å². The zero-order valence-corrected chi connectivity index (χ0v) is 18.3. The molecular formula is C28H29NO2. The highest BCUT2D eigenvalue weighted by molar-refractivity contribution is 6.29. The summed E-state index contributed by atoms with van der Waals surface area (Å²) in [5, 5.41) is 3.54. The van der Waals surface area contributed by atoms with Gasteiger partial charge in [0.2, 0.25) is 0 Å². The first-order valence-electron chi connectivity index (χ1n) is 11.3. The molecule has 0 unspecified atom stereocenters. The molecule has 0 radical (unpaired) electrons. The summed E-state index contributed by atoms with van der Waals surface area (Å²) in [6.45, 7) is 4.29. The third kappa shape index (κ3) is 4.05. The number of ketones is 2. The van der Waals surface area contributed by atoms with E-state index >= 15 is 0 Å². The molecule has 158 valence electrons. The Hall–Kier alpha value is -3.20. The summed E-state index contributed by atoms with van der Waals surface area (Å²) in [7, 11) is 0. The molecular weight excluding hydrogens is 382 g/mol. The van der Waals surface area contributed by atoms with Gasteiger partial charge in [0.05, 0.1) is 0 Å². The molecule has 0 heterocycles. The number of hydrogen-bond acceptors (Lipinski definition) is 3. The Morgan fingerprint density at radius 2 is 1.29 bits per heavy atom. The van der Waals surface area contributed by atoms with E-state index in [4.69, 9.17) is 0 Å². The summed E-state index contributed by atoms with van der Waals surface area (Å²) < 4.78 is 0. The highest BCUT2D eigenvalue weighted by atomic mass is 16.1. The Morgan fingerprint density at radius 3 is 1.94 bits per heavy atom. The molecule has 0 bridgehead atoms. The molecule has 3 aromatic rings. The van der Waals surface area contributed by atoms with Crippen LogP contribution in [0.2, 0.25) is 0 Å². The fourth-order valence-corrected chi connectivity index (χ4v) is 4.40. The second-order valence-corrected chi connectivity index (χ2v) is 8.21. The Balaban J connectivity index is 1.94. The molecule has 4 rings (SSSR count). The van der Waals surface area contributed by atoms with Gasteiger partial charge in [0.15, 0.2) is 11.6 Å². The van der Waals surface area contributed by atoms with E-state index in [1.165, 1.54) is 0 Å². The van der Waals surface area contributed by atoms with Crippen LogP contribution in [0, 0.1) is 0 Å². The van der Waals surface area contributed by atoms with Crippen molar-refractivity contribution in [2.24, 2.45) is 0 Å². The molecule has 0 saturated carbocycles. The van der Waals surface area contributed by atoms with Crippen LogP contribution in [0.25, 0.3) is 0 Å². The van der Waals surface area contributed by atoms with Crippen LogP contribution >= 0.6 is 0 Å². The smallest absolute Gasteiger partial charge is 0.194 e. The zero-order valence-electron chi connectivity index (χ0n) is 18.3. The second-order valence-electron chi connectivity index (χ2n) is 8.21. The molecule has 0 amide bonds. The van der Waals surface area contributed by atoms with Gasteiger partial charge in [0, 0.05) is 33.6 Å². The number of hydrogen-bond donors (Lipinski definition) is 1. The monoisotopic (exact) mass is 411 g/mol. The maximum Gasteiger partial charge on any atom is 0.194 e. The highest BCUT2D eigenvalue weighted by Crippen LogP contribution is 2.38. The quantitative estimate of drug-likeness (QED) is 0.343. The van der Waals surface area contributed by atoms with Crippen LogP contribution in [-0.2, 0) is 12.8 Å². The molecule has 1 N–H and O–H groups in total. The van der Waals surface area contributed by atoms with Crippen molar-refractivity contribution in [1.82, 2.24) is 0 Å². The Labute approximate surface area is 184 Å². The molecule has 0 aromatic heterocycles. The summed E-state index contributed by atoms with van der Waals surface area (Å²) >= 11 is 0. The van der Waals surface area contributed by atoms with Gasteiger partial charge in [-0.2, -0.15) is 0 Å². The summed E-state index contributed by atoms with van der Waals surface area (Å²) in [4.78, 5) is 27.2. The summed E-state index contributed by atoms with van der Waals surface area (Å²) in [6, 6.07) is 19.4. The molecule has 0 saturated heterocycles. The number of anilines is 2. The van der Waals surface area contributed by atoms with Crippen molar-refractivity contribution in [1.29, 1.82) is 0 Å². The standard InChI is InChI=1S/C28H29NO2/c1-3-5-12-19-18-24(29-20-13-8-7-9-14-20)23(15-6-4-2)26-25(19)27(30)21-16-10-11-17-22(21)28(26)31/h7-11,13-14,16-18,29H,3-6,12,15H2,1-2H3. The van der Waals surface area contributed by atoms with E-state index in [0.717, 1.165) is 61.0 Å². The number of unbranched alkanes of at least 4 members (excludes halogenated alkanes) is 2. The number of benzene rings is 3. The van der Waals surface area contributed by atoms with Crippen molar-refractivity contribution in [3.8, 4) is 0 Å². The number of fused-ring (bicyclic) bond motifs is 2. The van der Waals surface area contributed by atoms with Gasteiger partial charge in [-0.3, -0.25) is 9.59 Å². The molecule has 1 aliphatic carbocycles. The number of para-hydroxylation sites is 1. The lowest BCUT2D eigenvalue weighted by atomic mass is 9.77. The van der Waals surface area contributed by atoms with Crippen LogP contribution in [0.3, 0.4) is 0 Å². The van der Waals surface area contributed by atoms with E-state index in [9.17, 15) is 9.59 Å². The summed E-state index contributed by atoms with van der Waals surface area (Å²) in [6.07, 6.45) is 5.56. The van der Waals surface area contributed by atoms with Crippen LogP contribution in [-0.4, -0.2) is 11.6 Å². The average Bonchev–Trinajstić information content (AvgIpc) is 2.80. The maximum absolute atomic E-state index is 13.7. The predicted octanol–water partition coefficient (Wildman–Crippen LogP) is 6.89. The van der Waals surface area contributed by atoms with Crippen LogP contribution in [0.5, 0.6) is 0 Å². The van der Waals surface area contributed by atoms with Crippen LogP contribution in [0.15, 0.2) is 60.7 Å². The Bertz CT molecular complexity index is 1120. The van der Waals surface area contributed by atoms with Crippen molar-refractivity contribution >= 4 is 22.9 Å². The Morgan fingerprint density at radius 1 is 0.710 bits per heavy atom. The van der Waals surface area contributed by atoms with E-state index in [1.807, 2.05) is 42.5 Å². The fraction of sp³-hybridized carbons (Fsp3) is 0.286. The SMILES string of the molecule is CCCCc1cc(Nc2ccccc2)c(CCCC)c2c1C(=O)c1ccccc1C2=O. The molecule has 0 fully saturated rings. The largest absolute Gasteiger partial charge is 0.355 e. The second kappa shape index (κ2) is 9.30. The molecule has 0 spiro atoms. The fourth-order valence-electron chi connectivity index (χ4n) is 4.40. The van der Waals surface area contributed by atoms with E-state index in [0.29, 0.717) is 22.3 Å². The molecule has 31 heavy (non-hydrogen) atoms. The van der Waals surface area contributed by atoms with Crippen LogP contribution < -0.4 is 5.32 Å². The molecule has 1 aliphatic rings. The third-order valence-electron chi connectivity index (χ3n) is 6.02. The first kappa shape index (κ1) is 21.0. The number of rotatable bonds is 8. The minimum Gasteiger partial charge on any atom is -0.355 e. The normalized spacial score (nSPS) is 12.5. The van der Waals surface area contributed by atoms with Gasteiger partial charge in [-0.1, -0.05) is 69.2 Å². The minimum absolute atomic E-state index is 0.0136. The molecule has 3 nitrogen and oxygen atoms in total. The van der Waals surface area contributed by atoms with Gasteiger partial charge >= 0.3 is 0 Å². The van der Waals surface area contributed by atoms with Gasteiger partial charge in [-0.15, -0.1) is 0 Å². The van der Waals surface area contributed by atoms with E-state index in [2.05, 4.69) is 25.2 Å². The van der Waals surface area contributed by atoms with Crippen molar-refractivity contribution in [2.75, 3.05) is 5.32 Å². The van der Waals surface area contributed by atoms with Crippen molar-refractivity contribution in [2.45, 2.75) is 52.4 Å². The van der Waals surface area contributed by atoms with Crippen molar-refractivity contribution in [3.63, 3.8) is 0 Å². The lowest BCUT2D eigenvalue weighted by Crippen LogP contribution is -2.25. The highest BCUT2D eigenvalue weighted by Gasteiger charge is 2.34.